The number of carbonyl (C=O) groups is 1. The van der Waals surface area contributed by atoms with E-state index in [1.54, 1.807) is 30.9 Å². The second kappa shape index (κ2) is 9.22. The molecular weight excluding hydrogens is 454 g/mol. The molecule has 0 aliphatic carbocycles. The lowest BCUT2D eigenvalue weighted by Gasteiger charge is -2.12. The molecule has 5 rings (SSSR count). The maximum atomic E-state index is 15.0. The Bertz CT molecular complexity index is 1540. The maximum absolute atomic E-state index is 15.0. The molecule has 5 aromatic rings. The lowest BCUT2D eigenvalue weighted by atomic mass is 10.1. The van der Waals surface area contributed by atoms with Crippen molar-refractivity contribution in [3.8, 4) is 28.4 Å². The van der Waals surface area contributed by atoms with E-state index in [0.29, 0.717) is 16.8 Å². The Hall–Kier alpha value is -4.79. The third-order valence-corrected chi connectivity index (χ3v) is 5.36. The van der Waals surface area contributed by atoms with E-state index in [1.165, 1.54) is 31.4 Å². The van der Waals surface area contributed by atoms with E-state index in [4.69, 9.17) is 9.47 Å². The molecule has 2 aromatic carbocycles. The highest BCUT2D eigenvalue weighted by Gasteiger charge is 2.19. The number of methoxy groups -OCH3 is 1. The van der Waals surface area contributed by atoms with Crippen molar-refractivity contribution in [3.05, 3.63) is 96.6 Å². The van der Waals surface area contributed by atoms with Gasteiger partial charge in [-0.2, -0.15) is 0 Å². The molecule has 0 unspecified atom stereocenters. The average molecular weight is 472 g/mol. The van der Waals surface area contributed by atoms with Crippen LogP contribution in [0.5, 0.6) is 17.2 Å². The van der Waals surface area contributed by atoms with Crippen molar-refractivity contribution in [1.82, 2.24) is 15.0 Å². The van der Waals surface area contributed by atoms with Gasteiger partial charge in [-0.05, 0) is 48.0 Å². The van der Waals surface area contributed by atoms with Gasteiger partial charge in [-0.3, -0.25) is 9.78 Å². The topological polar surface area (TPSA) is 89.1 Å². The Morgan fingerprint density at radius 3 is 2.54 bits per heavy atom. The predicted octanol–water partition coefficient (Wildman–Crippen LogP) is 5.96. The van der Waals surface area contributed by atoms with Gasteiger partial charge in [0.15, 0.2) is 11.6 Å². The number of H-pyrrole nitrogens is 1. The lowest BCUT2D eigenvalue weighted by Crippen LogP contribution is -2.15. The van der Waals surface area contributed by atoms with Crippen molar-refractivity contribution in [3.63, 3.8) is 0 Å². The number of aromatic nitrogens is 3. The number of halogens is 2. The van der Waals surface area contributed by atoms with E-state index in [0.717, 1.165) is 23.3 Å². The molecule has 0 fully saturated rings. The summed E-state index contributed by atoms with van der Waals surface area (Å²) in [6, 6.07) is 13.3. The molecule has 3 heterocycles. The average Bonchev–Trinajstić information content (AvgIpc) is 3.31. The van der Waals surface area contributed by atoms with Crippen LogP contribution in [0.4, 0.5) is 14.5 Å². The number of fused-ring (bicyclic) bond motifs is 1. The summed E-state index contributed by atoms with van der Waals surface area (Å²) in [5, 5.41) is 3.17. The molecule has 2 N–H and O–H groups in total. The van der Waals surface area contributed by atoms with Crippen LogP contribution in [0.15, 0.2) is 79.4 Å². The number of anilines is 1. The Morgan fingerprint density at radius 1 is 0.943 bits per heavy atom. The largest absolute Gasteiger partial charge is 0.496 e. The summed E-state index contributed by atoms with van der Waals surface area (Å²) in [6.45, 7) is 0. The van der Waals surface area contributed by atoms with Gasteiger partial charge in [-0.1, -0.05) is 6.07 Å². The maximum Gasteiger partial charge on any atom is 0.262 e. The number of hydrogen-bond acceptors (Lipinski definition) is 5. The van der Waals surface area contributed by atoms with Gasteiger partial charge in [0.1, 0.15) is 28.5 Å². The molecule has 0 bridgehead atoms. The zero-order valence-corrected chi connectivity index (χ0v) is 18.4. The third kappa shape index (κ3) is 4.26. The SMILES string of the molecule is COc1cccc(F)c1C(=O)Nc1ccc(Oc2ccnc3[nH]cc(-c4ccncc4)c23)c(F)c1. The molecule has 0 atom stereocenters. The van der Waals surface area contributed by atoms with Crippen molar-refractivity contribution < 1.29 is 23.0 Å². The van der Waals surface area contributed by atoms with Gasteiger partial charge in [-0.15, -0.1) is 0 Å². The van der Waals surface area contributed by atoms with Crippen molar-refractivity contribution in [1.29, 1.82) is 0 Å². The highest BCUT2D eigenvalue weighted by atomic mass is 19.1. The van der Waals surface area contributed by atoms with Crippen LogP contribution in [0.1, 0.15) is 10.4 Å². The zero-order chi connectivity index (χ0) is 24.4. The van der Waals surface area contributed by atoms with Crippen molar-refractivity contribution in [2.45, 2.75) is 0 Å². The number of rotatable bonds is 6. The molecule has 174 valence electrons. The first-order valence-electron chi connectivity index (χ1n) is 10.5. The molecule has 0 saturated carbocycles. The van der Waals surface area contributed by atoms with Crippen LogP contribution in [0.2, 0.25) is 0 Å². The minimum atomic E-state index is -0.766. The molecule has 0 radical (unpaired) electrons. The fourth-order valence-electron chi connectivity index (χ4n) is 3.74. The monoisotopic (exact) mass is 472 g/mol. The zero-order valence-electron chi connectivity index (χ0n) is 18.4. The van der Waals surface area contributed by atoms with Crippen LogP contribution in [0.25, 0.3) is 22.2 Å². The fourth-order valence-corrected chi connectivity index (χ4v) is 3.74. The molecule has 0 aliphatic heterocycles. The summed E-state index contributed by atoms with van der Waals surface area (Å²) in [5.74, 6) is -1.82. The van der Waals surface area contributed by atoms with Gasteiger partial charge < -0.3 is 19.8 Å². The minimum absolute atomic E-state index is 0.0548. The summed E-state index contributed by atoms with van der Waals surface area (Å²) in [7, 11) is 1.33. The summed E-state index contributed by atoms with van der Waals surface area (Å²) >= 11 is 0. The van der Waals surface area contributed by atoms with E-state index in [-0.39, 0.29) is 22.7 Å². The van der Waals surface area contributed by atoms with E-state index in [9.17, 15) is 13.6 Å². The van der Waals surface area contributed by atoms with Crippen LogP contribution < -0.4 is 14.8 Å². The number of nitrogens with zero attached hydrogens (tertiary/aromatic N) is 2. The Balaban J connectivity index is 1.43. The third-order valence-electron chi connectivity index (χ3n) is 5.36. The van der Waals surface area contributed by atoms with Crippen LogP contribution in [-0.4, -0.2) is 28.0 Å². The molecule has 7 nitrogen and oxygen atoms in total. The number of amides is 1. The van der Waals surface area contributed by atoms with Crippen LogP contribution in [0.3, 0.4) is 0 Å². The second-order valence-electron chi connectivity index (χ2n) is 7.49. The molecular formula is C26H18F2N4O3. The van der Waals surface area contributed by atoms with Crippen LogP contribution >= 0.6 is 0 Å². The summed E-state index contributed by atoms with van der Waals surface area (Å²) in [4.78, 5) is 24.0. The molecule has 35 heavy (non-hydrogen) atoms. The van der Waals surface area contributed by atoms with Crippen LogP contribution in [0, 0.1) is 11.6 Å². The van der Waals surface area contributed by atoms with Gasteiger partial charge in [0, 0.05) is 42.1 Å². The molecule has 9 heteroatoms. The highest BCUT2D eigenvalue weighted by molar-refractivity contribution is 6.06. The standard InChI is InChI=1S/C26H18F2N4O3/c1-34-21-4-2-3-18(27)24(21)26(33)32-16-5-6-20(19(28)13-16)35-22-9-12-30-25-23(22)17(14-31-25)15-7-10-29-11-8-15/h2-14H,1H3,(H,30,31)(H,32,33). The first-order chi connectivity index (χ1) is 17.0. The number of aromatic amines is 1. The normalized spacial score (nSPS) is 10.8. The van der Waals surface area contributed by atoms with Crippen LogP contribution in [-0.2, 0) is 0 Å². The molecule has 3 aromatic heterocycles. The first-order valence-corrected chi connectivity index (χ1v) is 10.5. The highest BCUT2D eigenvalue weighted by Crippen LogP contribution is 2.37. The Kier molecular flexibility index (Phi) is 5.80. The minimum Gasteiger partial charge on any atom is -0.496 e. The van der Waals surface area contributed by atoms with Gasteiger partial charge in [-0.25, -0.2) is 13.8 Å². The van der Waals surface area contributed by atoms with Crippen molar-refractivity contribution in [2.24, 2.45) is 0 Å². The smallest absolute Gasteiger partial charge is 0.262 e. The molecule has 0 aliphatic rings. The van der Waals surface area contributed by atoms with E-state index >= 15 is 0 Å². The van der Waals surface area contributed by atoms with Gasteiger partial charge in [0.25, 0.3) is 5.91 Å². The molecule has 1 amide bonds. The summed E-state index contributed by atoms with van der Waals surface area (Å²) in [6.07, 6.45) is 6.70. The summed E-state index contributed by atoms with van der Waals surface area (Å²) in [5.41, 5.74) is 2.16. The first kappa shape index (κ1) is 22.0. The lowest BCUT2D eigenvalue weighted by molar-refractivity contribution is 0.102. The summed E-state index contributed by atoms with van der Waals surface area (Å²) < 4.78 is 40.1. The van der Waals surface area contributed by atoms with Crippen molar-refractivity contribution in [2.75, 3.05) is 12.4 Å². The van der Waals surface area contributed by atoms with Gasteiger partial charge in [0.05, 0.1) is 12.5 Å². The second-order valence-corrected chi connectivity index (χ2v) is 7.49. The van der Waals surface area contributed by atoms with Gasteiger partial charge in [0.2, 0.25) is 0 Å². The fraction of sp³-hybridized carbons (Fsp3) is 0.0385. The number of pyridine rings is 2. The number of hydrogen-bond donors (Lipinski definition) is 2. The number of carbonyl (C=O) groups excluding carboxylic acids is 1. The number of nitrogens with one attached hydrogen (secondary N) is 2. The Morgan fingerprint density at radius 2 is 1.77 bits per heavy atom. The molecule has 0 saturated heterocycles. The number of ether oxygens (including phenoxy) is 2. The number of benzene rings is 2. The quantitative estimate of drug-likeness (QED) is 0.319. The van der Waals surface area contributed by atoms with E-state index in [1.807, 2.05) is 12.1 Å². The van der Waals surface area contributed by atoms with E-state index < -0.39 is 17.5 Å². The Labute approximate surface area is 198 Å². The van der Waals surface area contributed by atoms with Crippen molar-refractivity contribution >= 4 is 22.6 Å². The molecule has 0 spiro atoms. The van der Waals surface area contributed by atoms with E-state index in [2.05, 4.69) is 20.3 Å². The predicted molar refractivity (Wildman–Crippen MR) is 127 cm³/mol. The van der Waals surface area contributed by atoms with Gasteiger partial charge >= 0.3 is 0 Å².